The largest absolute Gasteiger partial charge is 0.478 e. The summed E-state index contributed by atoms with van der Waals surface area (Å²) in [4.78, 5) is 11.3. The fraction of sp³-hybridized carbons (Fsp3) is 0.0625. The first kappa shape index (κ1) is 13.1. The SMILES string of the molecule is O=C(O)c1ccc(NCc2cccnn2)c2ccccc12. The molecule has 5 nitrogen and oxygen atoms in total. The summed E-state index contributed by atoms with van der Waals surface area (Å²) < 4.78 is 0. The van der Waals surface area contributed by atoms with E-state index in [9.17, 15) is 9.90 Å². The molecular formula is C16H13N3O2. The van der Waals surface area contributed by atoms with E-state index in [1.807, 2.05) is 36.4 Å². The third kappa shape index (κ3) is 2.67. The number of carboxylic acids is 1. The maximum Gasteiger partial charge on any atom is 0.336 e. The van der Waals surface area contributed by atoms with E-state index in [1.165, 1.54) is 0 Å². The van der Waals surface area contributed by atoms with Crippen LogP contribution in [0.3, 0.4) is 0 Å². The smallest absolute Gasteiger partial charge is 0.336 e. The molecule has 5 heteroatoms. The molecule has 21 heavy (non-hydrogen) atoms. The number of fused-ring (bicyclic) bond motifs is 1. The van der Waals surface area contributed by atoms with Crippen molar-refractivity contribution in [2.24, 2.45) is 0 Å². The summed E-state index contributed by atoms with van der Waals surface area (Å²) in [5, 5.41) is 22.0. The van der Waals surface area contributed by atoms with Gasteiger partial charge in [0.2, 0.25) is 0 Å². The van der Waals surface area contributed by atoms with Crippen LogP contribution in [0.25, 0.3) is 10.8 Å². The van der Waals surface area contributed by atoms with Crippen molar-refractivity contribution in [1.29, 1.82) is 0 Å². The molecule has 1 heterocycles. The second kappa shape index (κ2) is 5.58. The lowest BCUT2D eigenvalue weighted by Crippen LogP contribution is -2.04. The highest BCUT2D eigenvalue weighted by molar-refractivity contribution is 6.07. The normalized spacial score (nSPS) is 10.5. The van der Waals surface area contributed by atoms with Gasteiger partial charge in [-0.3, -0.25) is 0 Å². The molecule has 0 aliphatic carbocycles. The topological polar surface area (TPSA) is 75.1 Å². The molecule has 0 amide bonds. The number of benzene rings is 2. The van der Waals surface area contributed by atoms with Crippen molar-refractivity contribution in [2.75, 3.05) is 5.32 Å². The summed E-state index contributed by atoms with van der Waals surface area (Å²) in [7, 11) is 0. The molecular weight excluding hydrogens is 266 g/mol. The number of anilines is 1. The quantitative estimate of drug-likeness (QED) is 0.768. The zero-order valence-corrected chi connectivity index (χ0v) is 11.2. The number of aromatic nitrogens is 2. The Kier molecular flexibility index (Phi) is 3.47. The highest BCUT2D eigenvalue weighted by Crippen LogP contribution is 2.27. The predicted molar refractivity (Wildman–Crippen MR) is 80.3 cm³/mol. The molecule has 0 saturated carbocycles. The van der Waals surface area contributed by atoms with Crippen molar-refractivity contribution in [2.45, 2.75) is 6.54 Å². The number of hydrogen-bond donors (Lipinski definition) is 2. The highest BCUT2D eigenvalue weighted by atomic mass is 16.4. The van der Waals surface area contributed by atoms with Crippen LogP contribution < -0.4 is 5.32 Å². The molecule has 3 aromatic rings. The fourth-order valence-electron chi connectivity index (χ4n) is 2.25. The van der Waals surface area contributed by atoms with Gasteiger partial charge in [-0.2, -0.15) is 10.2 Å². The Balaban J connectivity index is 1.96. The van der Waals surface area contributed by atoms with Gasteiger partial charge in [-0.1, -0.05) is 24.3 Å². The minimum atomic E-state index is -0.924. The van der Waals surface area contributed by atoms with Gasteiger partial charge in [-0.15, -0.1) is 0 Å². The molecule has 2 N–H and O–H groups in total. The summed E-state index contributed by atoms with van der Waals surface area (Å²) in [5.74, 6) is -0.924. The van der Waals surface area contributed by atoms with Crippen LogP contribution in [-0.2, 0) is 6.54 Å². The van der Waals surface area contributed by atoms with Gasteiger partial charge in [0, 0.05) is 17.3 Å². The predicted octanol–water partition coefficient (Wildman–Crippen LogP) is 2.94. The number of carboxylic acid groups (broad SMARTS) is 1. The molecule has 0 bridgehead atoms. The van der Waals surface area contributed by atoms with E-state index in [2.05, 4.69) is 15.5 Å². The Morgan fingerprint density at radius 1 is 1.05 bits per heavy atom. The number of nitrogens with zero attached hydrogens (tertiary/aromatic N) is 2. The lowest BCUT2D eigenvalue weighted by molar-refractivity contribution is 0.0699. The molecule has 104 valence electrons. The first-order valence-corrected chi connectivity index (χ1v) is 6.51. The van der Waals surface area contributed by atoms with E-state index in [1.54, 1.807) is 18.3 Å². The van der Waals surface area contributed by atoms with Gasteiger partial charge < -0.3 is 10.4 Å². The molecule has 0 radical (unpaired) electrons. The average Bonchev–Trinajstić information content (AvgIpc) is 2.53. The molecule has 0 spiro atoms. The van der Waals surface area contributed by atoms with Crippen molar-refractivity contribution < 1.29 is 9.90 Å². The van der Waals surface area contributed by atoms with E-state index in [0.29, 0.717) is 17.5 Å². The monoisotopic (exact) mass is 279 g/mol. The van der Waals surface area contributed by atoms with Crippen LogP contribution in [0.2, 0.25) is 0 Å². The van der Waals surface area contributed by atoms with E-state index in [0.717, 1.165) is 16.8 Å². The molecule has 0 aliphatic heterocycles. The maximum atomic E-state index is 11.3. The van der Waals surface area contributed by atoms with Crippen molar-refractivity contribution in [3.63, 3.8) is 0 Å². The first-order chi connectivity index (χ1) is 10.3. The fourth-order valence-corrected chi connectivity index (χ4v) is 2.25. The van der Waals surface area contributed by atoms with Gasteiger partial charge in [-0.25, -0.2) is 4.79 Å². The van der Waals surface area contributed by atoms with Crippen molar-refractivity contribution >= 4 is 22.4 Å². The zero-order valence-electron chi connectivity index (χ0n) is 11.2. The van der Waals surface area contributed by atoms with Crippen LogP contribution >= 0.6 is 0 Å². The van der Waals surface area contributed by atoms with Crippen molar-refractivity contribution in [3.05, 3.63) is 66.0 Å². The van der Waals surface area contributed by atoms with Crippen LogP contribution in [-0.4, -0.2) is 21.3 Å². The molecule has 0 aliphatic rings. The number of aromatic carboxylic acids is 1. The number of carbonyl (C=O) groups is 1. The molecule has 0 unspecified atom stereocenters. The molecule has 0 saturated heterocycles. The van der Waals surface area contributed by atoms with E-state index >= 15 is 0 Å². The Labute approximate surface area is 121 Å². The third-order valence-electron chi connectivity index (χ3n) is 3.24. The minimum Gasteiger partial charge on any atom is -0.478 e. The van der Waals surface area contributed by atoms with Gasteiger partial charge in [0.15, 0.2) is 0 Å². The molecule has 1 aromatic heterocycles. The number of hydrogen-bond acceptors (Lipinski definition) is 4. The molecule has 3 rings (SSSR count). The Morgan fingerprint density at radius 3 is 2.57 bits per heavy atom. The van der Waals surface area contributed by atoms with E-state index < -0.39 is 5.97 Å². The van der Waals surface area contributed by atoms with Gasteiger partial charge in [0.05, 0.1) is 17.8 Å². The summed E-state index contributed by atoms with van der Waals surface area (Å²) >= 11 is 0. The van der Waals surface area contributed by atoms with Crippen molar-refractivity contribution in [3.8, 4) is 0 Å². The first-order valence-electron chi connectivity index (χ1n) is 6.51. The average molecular weight is 279 g/mol. The van der Waals surface area contributed by atoms with Gasteiger partial charge in [-0.05, 0) is 29.7 Å². The summed E-state index contributed by atoms with van der Waals surface area (Å²) in [6, 6.07) is 14.5. The van der Waals surface area contributed by atoms with Gasteiger partial charge in [0.1, 0.15) is 0 Å². The van der Waals surface area contributed by atoms with Crippen LogP contribution in [0.4, 0.5) is 5.69 Å². The van der Waals surface area contributed by atoms with Crippen LogP contribution in [0, 0.1) is 0 Å². The lowest BCUT2D eigenvalue weighted by Gasteiger charge is -2.11. The summed E-state index contributed by atoms with van der Waals surface area (Å²) in [6.07, 6.45) is 1.63. The second-order valence-electron chi connectivity index (χ2n) is 4.58. The van der Waals surface area contributed by atoms with E-state index in [4.69, 9.17) is 0 Å². The van der Waals surface area contributed by atoms with E-state index in [-0.39, 0.29) is 0 Å². The van der Waals surface area contributed by atoms with Gasteiger partial charge >= 0.3 is 5.97 Å². The molecule has 2 aromatic carbocycles. The number of nitrogens with one attached hydrogen (secondary N) is 1. The molecule has 0 fully saturated rings. The Bertz CT molecular complexity index is 788. The van der Waals surface area contributed by atoms with Crippen molar-refractivity contribution in [1.82, 2.24) is 10.2 Å². The Morgan fingerprint density at radius 2 is 1.86 bits per heavy atom. The summed E-state index contributed by atoms with van der Waals surface area (Å²) in [5.41, 5.74) is 2.00. The van der Waals surface area contributed by atoms with Crippen LogP contribution in [0.5, 0.6) is 0 Å². The highest BCUT2D eigenvalue weighted by Gasteiger charge is 2.10. The zero-order chi connectivity index (χ0) is 14.7. The standard InChI is InChI=1S/C16H13N3O2/c20-16(21)14-7-8-15(13-6-2-1-5-12(13)14)17-10-11-4-3-9-18-19-11/h1-9,17H,10H2,(H,20,21). The van der Waals surface area contributed by atoms with Crippen LogP contribution in [0.1, 0.15) is 16.1 Å². The molecule has 0 atom stereocenters. The third-order valence-corrected chi connectivity index (χ3v) is 3.24. The Hall–Kier alpha value is -2.95. The lowest BCUT2D eigenvalue weighted by atomic mass is 10.0. The summed E-state index contributed by atoms with van der Waals surface area (Å²) in [6.45, 7) is 0.532. The number of rotatable bonds is 4. The second-order valence-corrected chi connectivity index (χ2v) is 4.58. The minimum absolute atomic E-state index is 0.302. The van der Waals surface area contributed by atoms with Crippen LogP contribution in [0.15, 0.2) is 54.7 Å². The van der Waals surface area contributed by atoms with Gasteiger partial charge in [0.25, 0.3) is 0 Å². The maximum absolute atomic E-state index is 11.3.